The van der Waals surface area contributed by atoms with Crippen molar-refractivity contribution in [2.75, 3.05) is 40.3 Å². The molecule has 0 aliphatic carbocycles. The van der Waals surface area contributed by atoms with Gasteiger partial charge < -0.3 is 19.9 Å². The molecule has 6 heteroatoms. The first kappa shape index (κ1) is 20.5. The van der Waals surface area contributed by atoms with Crippen molar-refractivity contribution in [2.45, 2.75) is 39.2 Å². The lowest BCUT2D eigenvalue weighted by molar-refractivity contribution is -0.127. The van der Waals surface area contributed by atoms with Crippen molar-refractivity contribution < 1.29 is 9.53 Å². The van der Waals surface area contributed by atoms with E-state index in [2.05, 4.69) is 30.1 Å². The van der Waals surface area contributed by atoms with Crippen LogP contribution in [0.15, 0.2) is 29.3 Å². The first-order valence-corrected chi connectivity index (χ1v) is 10.4. The lowest BCUT2D eigenvalue weighted by Crippen LogP contribution is -2.43. The normalized spacial score (nSPS) is 22.0. The molecule has 6 nitrogen and oxygen atoms in total. The highest BCUT2D eigenvalue weighted by atomic mass is 16.5. The molecule has 2 aliphatic heterocycles. The number of benzene rings is 1. The van der Waals surface area contributed by atoms with Gasteiger partial charge >= 0.3 is 0 Å². The van der Waals surface area contributed by atoms with Crippen LogP contribution in [0.25, 0.3) is 0 Å². The number of likely N-dealkylation sites (tertiary alicyclic amines) is 1. The summed E-state index contributed by atoms with van der Waals surface area (Å²) in [6.45, 7) is 7.42. The number of ether oxygens (including phenoxy) is 1. The molecule has 28 heavy (non-hydrogen) atoms. The largest absolute Gasteiger partial charge is 0.493 e. The van der Waals surface area contributed by atoms with Crippen LogP contribution in [-0.4, -0.2) is 62.0 Å². The molecule has 0 spiro atoms. The summed E-state index contributed by atoms with van der Waals surface area (Å²) in [5, 5.41) is 3.65. The van der Waals surface area contributed by atoms with Crippen molar-refractivity contribution >= 4 is 11.9 Å². The van der Waals surface area contributed by atoms with E-state index in [1.54, 1.807) is 19.0 Å². The standard InChI is InChI=1S/C22H34N4O2/c1-16(2)13-17-9-11-26(15-17)22(23-14-21(27)25(3)4)24-19-10-12-28-20-8-6-5-7-18(19)20/h5-8,16-17,19H,9-15H2,1-4H3,(H,23,24). The summed E-state index contributed by atoms with van der Waals surface area (Å²) in [4.78, 5) is 20.7. The molecule has 1 N–H and O–H groups in total. The molecule has 1 aromatic carbocycles. The number of carbonyl (C=O) groups is 1. The van der Waals surface area contributed by atoms with Crippen LogP contribution in [0.3, 0.4) is 0 Å². The molecule has 1 aromatic rings. The van der Waals surface area contributed by atoms with E-state index in [9.17, 15) is 4.79 Å². The SMILES string of the molecule is CC(C)CC1CCN(C(=NCC(=O)N(C)C)NC2CCOc3ccccc32)C1. The highest BCUT2D eigenvalue weighted by Crippen LogP contribution is 2.32. The smallest absolute Gasteiger partial charge is 0.243 e. The van der Waals surface area contributed by atoms with E-state index in [0.717, 1.165) is 31.2 Å². The summed E-state index contributed by atoms with van der Waals surface area (Å²) in [6.07, 6.45) is 3.31. The molecule has 2 atom stereocenters. The number of rotatable bonds is 5. The van der Waals surface area contributed by atoms with Gasteiger partial charge in [0, 0.05) is 39.2 Å². The number of likely N-dealkylation sites (N-methyl/N-ethyl adjacent to an activating group) is 1. The number of nitrogens with zero attached hydrogens (tertiary/aromatic N) is 3. The van der Waals surface area contributed by atoms with Gasteiger partial charge in [-0.05, 0) is 30.7 Å². The molecule has 1 fully saturated rings. The molecule has 1 saturated heterocycles. The Hall–Kier alpha value is -2.24. The molecule has 0 radical (unpaired) electrons. The van der Waals surface area contributed by atoms with E-state index in [-0.39, 0.29) is 18.5 Å². The zero-order valence-corrected chi connectivity index (χ0v) is 17.6. The van der Waals surface area contributed by atoms with Crippen molar-refractivity contribution in [1.82, 2.24) is 15.1 Å². The summed E-state index contributed by atoms with van der Waals surface area (Å²) in [6, 6.07) is 8.33. The third kappa shape index (κ3) is 5.18. The van der Waals surface area contributed by atoms with Gasteiger partial charge in [0.1, 0.15) is 12.3 Å². The maximum Gasteiger partial charge on any atom is 0.243 e. The van der Waals surface area contributed by atoms with Gasteiger partial charge in [-0.2, -0.15) is 0 Å². The van der Waals surface area contributed by atoms with Gasteiger partial charge in [-0.15, -0.1) is 0 Å². The molecule has 0 bridgehead atoms. The molecular weight excluding hydrogens is 352 g/mol. The second-order valence-electron chi connectivity index (χ2n) is 8.53. The zero-order chi connectivity index (χ0) is 20.1. The molecule has 154 valence electrons. The Labute approximate surface area is 168 Å². The second-order valence-corrected chi connectivity index (χ2v) is 8.53. The Kier molecular flexibility index (Phi) is 6.81. The van der Waals surface area contributed by atoms with E-state index < -0.39 is 0 Å². The molecule has 2 heterocycles. The van der Waals surface area contributed by atoms with Crippen LogP contribution in [0.4, 0.5) is 0 Å². The molecule has 0 saturated carbocycles. The molecule has 2 unspecified atom stereocenters. The second kappa shape index (κ2) is 9.30. The minimum atomic E-state index is 0.0182. The number of nitrogens with one attached hydrogen (secondary N) is 1. The number of aliphatic imine (C=N–C) groups is 1. The summed E-state index contributed by atoms with van der Waals surface area (Å²) in [5.41, 5.74) is 1.17. The molecule has 3 rings (SSSR count). The quantitative estimate of drug-likeness (QED) is 0.624. The van der Waals surface area contributed by atoms with Gasteiger partial charge in [0.15, 0.2) is 5.96 Å². The number of carbonyl (C=O) groups excluding carboxylic acids is 1. The average Bonchev–Trinajstić information content (AvgIpc) is 3.12. The number of fused-ring (bicyclic) bond motifs is 1. The summed E-state index contributed by atoms with van der Waals surface area (Å²) in [5.74, 6) is 3.20. The third-order valence-electron chi connectivity index (χ3n) is 5.51. The van der Waals surface area contributed by atoms with Gasteiger partial charge in [0.2, 0.25) is 5.91 Å². The summed E-state index contributed by atoms with van der Waals surface area (Å²) < 4.78 is 5.80. The van der Waals surface area contributed by atoms with Crippen LogP contribution in [0.5, 0.6) is 5.75 Å². The Bertz CT molecular complexity index is 702. The molecular formula is C22H34N4O2. The average molecular weight is 387 g/mol. The van der Waals surface area contributed by atoms with Gasteiger partial charge in [-0.25, -0.2) is 4.99 Å². The Morgan fingerprint density at radius 1 is 1.32 bits per heavy atom. The van der Waals surface area contributed by atoms with E-state index >= 15 is 0 Å². The number of para-hydroxylation sites is 1. The van der Waals surface area contributed by atoms with Crippen LogP contribution in [0.1, 0.15) is 44.7 Å². The van der Waals surface area contributed by atoms with E-state index in [4.69, 9.17) is 9.73 Å². The number of guanidine groups is 1. The first-order valence-electron chi connectivity index (χ1n) is 10.4. The fraction of sp³-hybridized carbons (Fsp3) is 0.636. The van der Waals surface area contributed by atoms with Crippen LogP contribution in [0, 0.1) is 11.8 Å². The van der Waals surface area contributed by atoms with Crippen molar-refractivity contribution in [1.29, 1.82) is 0 Å². The van der Waals surface area contributed by atoms with Crippen molar-refractivity contribution in [3.63, 3.8) is 0 Å². The Morgan fingerprint density at radius 3 is 2.86 bits per heavy atom. The van der Waals surface area contributed by atoms with Gasteiger partial charge in [-0.1, -0.05) is 32.0 Å². The minimum absolute atomic E-state index is 0.0182. The fourth-order valence-electron chi connectivity index (χ4n) is 4.05. The third-order valence-corrected chi connectivity index (χ3v) is 5.51. The summed E-state index contributed by atoms with van der Waals surface area (Å²) >= 11 is 0. The van der Waals surface area contributed by atoms with Crippen LogP contribution >= 0.6 is 0 Å². The van der Waals surface area contributed by atoms with Crippen molar-refractivity contribution in [3.05, 3.63) is 29.8 Å². The van der Waals surface area contributed by atoms with E-state index in [1.165, 1.54) is 18.4 Å². The predicted molar refractivity (Wildman–Crippen MR) is 113 cm³/mol. The van der Waals surface area contributed by atoms with Gasteiger partial charge in [-0.3, -0.25) is 4.79 Å². The highest BCUT2D eigenvalue weighted by Gasteiger charge is 2.29. The van der Waals surface area contributed by atoms with Crippen LogP contribution in [0.2, 0.25) is 0 Å². The van der Waals surface area contributed by atoms with Crippen LogP contribution in [-0.2, 0) is 4.79 Å². The molecule has 0 aromatic heterocycles. The molecule has 1 amide bonds. The highest BCUT2D eigenvalue weighted by molar-refractivity contribution is 5.85. The number of amides is 1. The number of hydrogen-bond donors (Lipinski definition) is 1. The van der Waals surface area contributed by atoms with Crippen LogP contribution < -0.4 is 10.1 Å². The number of hydrogen-bond acceptors (Lipinski definition) is 3. The predicted octanol–water partition coefficient (Wildman–Crippen LogP) is 2.91. The maximum absolute atomic E-state index is 12.1. The minimum Gasteiger partial charge on any atom is -0.493 e. The zero-order valence-electron chi connectivity index (χ0n) is 17.6. The molecule has 2 aliphatic rings. The van der Waals surface area contributed by atoms with Crippen molar-refractivity contribution in [2.24, 2.45) is 16.8 Å². The fourth-order valence-corrected chi connectivity index (χ4v) is 4.05. The topological polar surface area (TPSA) is 57.2 Å². The first-order chi connectivity index (χ1) is 13.4. The van der Waals surface area contributed by atoms with Crippen molar-refractivity contribution in [3.8, 4) is 5.75 Å². The monoisotopic (exact) mass is 386 g/mol. The lowest BCUT2D eigenvalue weighted by atomic mass is 9.97. The van der Waals surface area contributed by atoms with Gasteiger partial charge in [0.25, 0.3) is 0 Å². The van der Waals surface area contributed by atoms with Gasteiger partial charge in [0.05, 0.1) is 12.6 Å². The lowest BCUT2D eigenvalue weighted by Gasteiger charge is -2.31. The Balaban J connectivity index is 1.76. The Morgan fingerprint density at radius 2 is 2.11 bits per heavy atom. The summed E-state index contributed by atoms with van der Waals surface area (Å²) in [7, 11) is 3.54. The van der Waals surface area contributed by atoms with E-state index in [0.29, 0.717) is 18.4 Å². The van der Waals surface area contributed by atoms with E-state index in [1.807, 2.05) is 18.2 Å². The maximum atomic E-state index is 12.1.